The van der Waals surface area contributed by atoms with E-state index in [2.05, 4.69) is 5.32 Å². The van der Waals surface area contributed by atoms with Crippen LogP contribution in [0.15, 0.2) is 42.5 Å². The molecule has 0 aliphatic heterocycles. The molecule has 1 saturated carbocycles. The van der Waals surface area contributed by atoms with E-state index in [1.807, 2.05) is 30.3 Å². The van der Waals surface area contributed by atoms with Gasteiger partial charge in [-0.15, -0.1) is 0 Å². The molecule has 1 aliphatic rings. The lowest BCUT2D eigenvalue weighted by Gasteiger charge is -2.28. The van der Waals surface area contributed by atoms with E-state index in [-0.39, 0.29) is 17.6 Å². The maximum Gasteiger partial charge on any atom is 0.252 e. The van der Waals surface area contributed by atoms with Crippen LogP contribution in [0.2, 0.25) is 0 Å². The highest BCUT2D eigenvalue weighted by atomic mass is 16.2. The third-order valence-electron chi connectivity index (χ3n) is 4.62. The van der Waals surface area contributed by atoms with E-state index in [9.17, 15) is 14.4 Å². The van der Waals surface area contributed by atoms with Crippen LogP contribution in [0.1, 0.15) is 36.0 Å². The zero-order valence-electron chi connectivity index (χ0n) is 13.3. The van der Waals surface area contributed by atoms with Crippen LogP contribution in [-0.2, 0) is 9.59 Å². The van der Waals surface area contributed by atoms with Crippen LogP contribution in [0.25, 0.3) is 10.8 Å². The molecule has 0 spiro atoms. The van der Waals surface area contributed by atoms with Gasteiger partial charge >= 0.3 is 0 Å². The molecule has 124 valence electrons. The number of nitrogens with one attached hydrogen (secondary N) is 1. The van der Waals surface area contributed by atoms with Crippen LogP contribution >= 0.6 is 0 Å². The van der Waals surface area contributed by atoms with Crippen molar-refractivity contribution in [2.24, 2.45) is 11.7 Å². The maximum atomic E-state index is 12.7. The van der Waals surface area contributed by atoms with Gasteiger partial charge in [0.1, 0.15) is 11.8 Å². The number of hydrogen-bond donors (Lipinski definition) is 2. The van der Waals surface area contributed by atoms with Crippen LogP contribution in [0.4, 0.5) is 0 Å². The van der Waals surface area contributed by atoms with Gasteiger partial charge in [-0.2, -0.15) is 0 Å². The second-order valence-electron chi connectivity index (χ2n) is 6.28. The maximum absolute atomic E-state index is 12.7. The van der Waals surface area contributed by atoms with E-state index in [0.29, 0.717) is 18.4 Å². The molecule has 2 atom stereocenters. The number of primary amides is 1. The third kappa shape index (κ3) is 3.30. The fourth-order valence-electron chi connectivity index (χ4n) is 3.41. The van der Waals surface area contributed by atoms with E-state index in [1.165, 1.54) is 0 Å². The third-order valence-corrected chi connectivity index (χ3v) is 4.62. The minimum Gasteiger partial charge on any atom is -0.368 e. The summed E-state index contributed by atoms with van der Waals surface area (Å²) < 4.78 is 0. The van der Waals surface area contributed by atoms with Gasteiger partial charge in [-0.25, -0.2) is 0 Å². The predicted molar refractivity (Wildman–Crippen MR) is 91.4 cm³/mol. The van der Waals surface area contributed by atoms with Crippen LogP contribution in [0.3, 0.4) is 0 Å². The Labute approximate surface area is 140 Å². The van der Waals surface area contributed by atoms with E-state index in [4.69, 9.17) is 5.73 Å². The summed E-state index contributed by atoms with van der Waals surface area (Å²) in [4.78, 5) is 36.2. The Morgan fingerprint density at radius 3 is 2.62 bits per heavy atom. The molecule has 0 radical (unpaired) electrons. The molecule has 0 bridgehead atoms. The zero-order valence-corrected chi connectivity index (χ0v) is 13.3. The van der Waals surface area contributed by atoms with Gasteiger partial charge in [-0.3, -0.25) is 14.4 Å². The van der Waals surface area contributed by atoms with Crippen molar-refractivity contribution in [1.29, 1.82) is 0 Å². The van der Waals surface area contributed by atoms with E-state index >= 15 is 0 Å². The smallest absolute Gasteiger partial charge is 0.252 e. The van der Waals surface area contributed by atoms with Gasteiger partial charge in [-0.1, -0.05) is 36.4 Å². The lowest BCUT2D eigenvalue weighted by Crippen LogP contribution is -2.50. The normalized spacial score (nSPS) is 19.0. The minimum atomic E-state index is -0.819. The van der Waals surface area contributed by atoms with Crippen molar-refractivity contribution in [3.63, 3.8) is 0 Å². The summed E-state index contributed by atoms with van der Waals surface area (Å²) >= 11 is 0. The lowest BCUT2D eigenvalue weighted by atomic mass is 9.82. The van der Waals surface area contributed by atoms with Gasteiger partial charge in [-0.05, 0) is 35.6 Å². The fourth-order valence-corrected chi connectivity index (χ4v) is 3.41. The predicted octanol–water partition coefficient (Wildman–Crippen LogP) is 2.18. The molecule has 2 amide bonds. The Morgan fingerprint density at radius 2 is 1.88 bits per heavy atom. The minimum absolute atomic E-state index is 0.122. The summed E-state index contributed by atoms with van der Waals surface area (Å²) in [5.41, 5.74) is 5.99. The van der Waals surface area contributed by atoms with Gasteiger partial charge < -0.3 is 11.1 Å². The number of fused-ring (bicyclic) bond motifs is 1. The first-order valence-electron chi connectivity index (χ1n) is 8.16. The number of nitrogens with two attached hydrogens (primary N) is 1. The molecule has 24 heavy (non-hydrogen) atoms. The lowest BCUT2D eigenvalue weighted by molar-refractivity contribution is -0.124. The number of rotatable bonds is 4. The van der Waals surface area contributed by atoms with E-state index in [1.54, 1.807) is 12.1 Å². The second-order valence-corrected chi connectivity index (χ2v) is 6.28. The quantitative estimate of drug-likeness (QED) is 0.903. The molecular weight excluding hydrogens is 304 g/mol. The highest BCUT2D eigenvalue weighted by molar-refractivity contribution is 6.08. The highest BCUT2D eigenvalue weighted by Gasteiger charge is 2.32. The second kappa shape index (κ2) is 6.83. The number of hydrogen-bond acceptors (Lipinski definition) is 3. The number of benzene rings is 2. The Hall–Kier alpha value is -2.69. The Balaban J connectivity index is 1.85. The summed E-state index contributed by atoms with van der Waals surface area (Å²) in [6.45, 7) is 0. The molecule has 1 aliphatic carbocycles. The molecule has 0 heterocycles. The number of carbonyl (C=O) groups excluding carboxylic acids is 3. The Bertz CT molecular complexity index is 795. The van der Waals surface area contributed by atoms with Crippen LogP contribution in [-0.4, -0.2) is 23.6 Å². The Kier molecular flexibility index (Phi) is 4.60. The SMILES string of the molecule is NC(=O)[C@H](NC(=O)c1cccc2ccccc12)[C@H]1CCCC(=O)C1. The van der Waals surface area contributed by atoms with Gasteiger partial charge in [0.25, 0.3) is 5.91 Å². The van der Waals surface area contributed by atoms with E-state index in [0.717, 1.165) is 23.6 Å². The summed E-state index contributed by atoms with van der Waals surface area (Å²) in [5, 5.41) is 4.52. The molecule has 5 nitrogen and oxygen atoms in total. The standard InChI is InChI=1S/C19H20N2O3/c20-18(23)17(13-7-3-8-14(22)11-13)21-19(24)16-10-4-6-12-5-1-2-9-15(12)16/h1-2,4-6,9-10,13,17H,3,7-8,11H2,(H2,20,23)(H,21,24)/t13-,17+/m0/s1. The molecular formula is C19H20N2O3. The average Bonchev–Trinajstić information content (AvgIpc) is 2.58. The first-order chi connectivity index (χ1) is 11.6. The number of carbonyl (C=O) groups is 3. The molecule has 0 saturated heterocycles. The first kappa shape index (κ1) is 16.2. The van der Waals surface area contributed by atoms with Crippen molar-refractivity contribution < 1.29 is 14.4 Å². The number of amides is 2. The van der Waals surface area contributed by atoms with E-state index < -0.39 is 11.9 Å². The summed E-state index contributed by atoms with van der Waals surface area (Å²) in [6, 6.07) is 12.2. The molecule has 2 aromatic rings. The molecule has 0 unspecified atom stereocenters. The molecule has 0 aromatic heterocycles. The highest BCUT2D eigenvalue weighted by Crippen LogP contribution is 2.25. The molecule has 3 rings (SSSR count). The number of Topliss-reactive ketones (excluding diaryl/α,β-unsaturated/α-hetero) is 1. The van der Waals surface area contributed by atoms with Gasteiger partial charge in [0, 0.05) is 18.4 Å². The van der Waals surface area contributed by atoms with Gasteiger partial charge in [0.2, 0.25) is 5.91 Å². The Morgan fingerprint density at radius 1 is 1.12 bits per heavy atom. The topological polar surface area (TPSA) is 89.3 Å². The molecule has 3 N–H and O–H groups in total. The van der Waals surface area contributed by atoms with Crippen LogP contribution < -0.4 is 11.1 Å². The largest absolute Gasteiger partial charge is 0.368 e. The summed E-state index contributed by atoms with van der Waals surface area (Å²) in [5.74, 6) is -1.03. The molecule has 5 heteroatoms. The van der Waals surface area contributed by atoms with Crippen molar-refractivity contribution in [2.75, 3.05) is 0 Å². The fraction of sp³-hybridized carbons (Fsp3) is 0.316. The van der Waals surface area contributed by atoms with Crippen molar-refractivity contribution in [1.82, 2.24) is 5.32 Å². The monoisotopic (exact) mass is 324 g/mol. The van der Waals surface area contributed by atoms with Crippen molar-refractivity contribution in [3.8, 4) is 0 Å². The van der Waals surface area contributed by atoms with Gasteiger partial charge in [0.05, 0.1) is 0 Å². The van der Waals surface area contributed by atoms with Crippen molar-refractivity contribution in [2.45, 2.75) is 31.7 Å². The van der Waals surface area contributed by atoms with Crippen molar-refractivity contribution >= 4 is 28.4 Å². The first-order valence-corrected chi connectivity index (χ1v) is 8.16. The molecule has 1 fully saturated rings. The number of ketones is 1. The summed E-state index contributed by atoms with van der Waals surface area (Å²) in [6.07, 6.45) is 2.29. The average molecular weight is 324 g/mol. The van der Waals surface area contributed by atoms with Crippen molar-refractivity contribution in [3.05, 3.63) is 48.0 Å². The summed E-state index contributed by atoms with van der Waals surface area (Å²) in [7, 11) is 0. The zero-order chi connectivity index (χ0) is 17.1. The molecule has 2 aromatic carbocycles. The van der Waals surface area contributed by atoms with Crippen LogP contribution in [0, 0.1) is 5.92 Å². The van der Waals surface area contributed by atoms with Crippen LogP contribution in [0.5, 0.6) is 0 Å². The van der Waals surface area contributed by atoms with Gasteiger partial charge in [0.15, 0.2) is 0 Å².